The fourth-order valence-electron chi connectivity index (χ4n) is 4.09. The molecule has 1 fully saturated rings. The van der Waals surface area contributed by atoms with Gasteiger partial charge < -0.3 is 14.8 Å². The second-order valence-electron chi connectivity index (χ2n) is 7.38. The number of thioether (sulfide) groups is 1. The van der Waals surface area contributed by atoms with Gasteiger partial charge in [-0.1, -0.05) is 0 Å². The number of hydrogen-bond acceptors (Lipinski definition) is 6. The topological polar surface area (TPSA) is 63.1 Å². The molecule has 8 heteroatoms. The molecule has 1 amide bonds. The maximum Gasteiger partial charge on any atom is 0.254 e. The van der Waals surface area contributed by atoms with Gasteiger partial charge in [0.25, 0.3) is 5.91 Å². The molecule has 2 aliphatic heterocycles. The van der Waals surface area contributed by atoms with Crippen LogP contribution in [0.5, 0.6) is 0 Å². The lowest BCUT2D eigenvalue weighted by molar-refractivity contribution is 0.0932. The van der Waals surface area contributed by atoms with E-state index < -0.39 is 0 Å². The van der Waals surface area contributed by atoms with Crippen molar-refractivity contribution in [1.29, 1.82) is 0 Å². The first-order valence-corrected chi connectivity index (χ1v) is 11.9. The minimum Gasteiger partial charge on any atom is -0.347 e. The molecule has 29 heavy (non-hydrogen) atoms. The fourth-order valence-corrected chi connectivity index (χ4v) is 6.54. The molecule has 0 bridgehead atoms. The van der Waals surface area contributed by atoms with E-state index in [4.69, 9.17) is 0 Å². The summed E-state index contributed by atoms with van der Waals surface area (Å²) in [6.07, 6.45) is 10.6. The van der Waals surface area contributed by atoms with Crippen LogP contribution in [0.1, 0.15) is 33.6 Å². The smallest absolute Gasteiger partial charge is 0.254 e. The number of fused-ring (bicyclic) bond motifs is 1. The number of amides is 1. The van der Waals surface area contributed by atoms with Crippen LogP contribution in [0.25, 0.3) is 5.00 Å². The third-order valence-corrected chi connectivity index (χ3v) is 7.87. The van der Waals surface area contributed by atoms with Crippen molar-refractivity contribution < 1.29 is 4.79 Å². The highest BCUT2D eigenvalue weighted by Crippen LogP contribution is 2.38. The number of aromatic nitrogens is 3. The minimum atomic E-state index is 0.0546. The Morgan fingerprint density at radius 1 is 1.17 bits per heavy atom. The Balaban J connectivity index is 1.39. The van der Waals surface area contributed by atoms with Gasteiger partial charge in [0, 0.05) is 54.5 Å². The molecule has 1 saturated heterocycles. The molecule has 3 aromatic rings. The van der Waals surface area contributed by atoms with Gasteiger partial charge in [0.15, 0.2) is 0 Å². The van der Waals surface area contributed by atoms with Gasteiger partial charge in [-0.15, -0.1) is 11.3 Å². The largest absolute Gasteiger partial charge is 0.347 e. The van der Waals surface area contributed by atoms with Crippen LogP contribution < -0.4 is 10.2 Å². The summed E-state index contributed by atoms with van der Waals surface area (Å²) in [4.78, 5) is 25.7. The molecule has 0 spiro atoms. The van der Waals surface area contributed by atoms with Crippen LogP contribution in [0.3, 0.4) is 0 Å². The molecule has 1 atom stereocenters. The molecule has 5 rings (SSSR count). The number of carbonyl (C=O) groups is 1. The van der Waals surface area contributed by atoms with Gasteiger partial charge in [-0.25, -0.2) is 9.97 Å². The lowest BCUT2D eigenvalue weighted by Gasteiger charge is -2.33. The van der Waals surface area contributed by atoms with Crippen molar-refractivity contribution in [2.45, 2.75) is 31.1 Å². The van der Waals surface area contributed by atoms with Crippen LogP contribution in [0.2, 0.25) is 0 Å². The molecular weight excluding hydrogens is 402 g/mol. The van der Waals surface area contributed by atoms with E-state index in [0.29, 0.717) is 0 Å². The molecule has 0 aromatic carbocycles. The van der Waals surface area contributed by atoms with E-state index in [1.54, 1.807) is 23.7 Å². The third kappa shape index (κ3) is 3.79. The second-order valence-corrected chi connectivity index (χ2v) is 9.57. The highest BCUT2D eigenvalue weighted by molar-refractivity contribution is 7.98. The predicted molar refractivity (Wildman–Crippen MR) is 118 cm³/mol. The third-order valence-electron chi connectivity index (χ3n) is 5.46. The summed E-state index contributed by atoms with van der Waals surface area (Å²) in [5.41, 5.74) is 2.11. The van der Waals surface area contributed by atoms with Crippen molar-refractivity contribution in [3.05, 3.63) is 59.0 Å². The number of nitrogens with zero attached hydrogens (tertiary/aromatic N) is 4. The molecule has 1 unspecified atom stereocenters. The first-order chi connectivity index (χ1) is 14.3. The van der Waals surface area contributed by atoms with E-state index in [1.165, 1.54) is 10.4 Å². The molecule has 5 heterocycles. The van der Waals surface area contributed by atoms with Crippen LogP contribution in [0.4, 0.5) is 5.95 Å². The van der Waals surface area contributed by atoms with Gasteiger partial charge in [-0.2, -0.15) is 11.8 Å². The Bertz CT molecular complexity index is 986. The molecule has 150 valence electrons. The van der Waals surface area contributed by atoms with Crippen LogP contribution in [0.15, 0.2) is 43.0 Å². The van der Waals surface area contributed by atoms with Crippen LogP contribution in [-0.2, 0) is 12.2 Å². The van der Waals surface area contributed by atoms with Gasteiger partial charge >= 0.3 is 0 Å². The number of anilines is 1. The predicted octanol–water partition coefficient (Wildman–Crippen LogP) is 3.52. The quantitative estimate of drug-likeness (QED) is 0.693. The number of piperidine rings is 1. The average molecular weight is 426 g/mol. The molecule has 0 aliphatic carbocycles. The zero-order chi connectivity index (χ0) is 19.6. The molecule has 1 N–H and O–H groups in total. The van der Waals surface area contributed by atoms with Gasteiger partial charge in [0.2, 0.25) is 5.95 Å². The lowest BCUT2D eigenvalue weighted by Crippen LogP contribution is -2.48. The number of rotatable bonds is 4. The number of thiophene rings is 1. The first-order valence-electron chi connectivity index (χ1n) is 9.98. The van der Waals surface area contributed by atoms with Crippen molar-refractivity contribution in [3.63, 3.8) is 0 Å². The van der Waals surface area contributed by atoms with E-state index in [0.717, 1.165) is 60.4 Å². The Hall–Kier alpha value is -2.32. The number of nitrogens with one attached hydrogen (secondary N) is 1. The van der Waals surface area contributed by atoms with Crippen LogP contribution in [-0.4, -0.2) is 45.3 Å². The normalized spacial score (nSPS) is 19.0. The van der Waals surface area contributed by atoms with Gasteiger partial charge in [0.05, 0.1) is 5.56 Å². The second kappa shape index (κ2) is 8.20. The molecule has 0 radical (unpaired) electrons. The highest BCUT2D eigenvalue weighted by atomic mass is 32.2. The summed E-state index contributed by atoms with van der Waals surface area (Å²) in [6.45, 7) is 1.67. The van der Waals surface area contributed by atoms with Crippen LogP contribution in [0, 0.1) is 0 Å². The summed E-state index contributed by atoms with van der Waals surface area (Å²) in [7, 11) is 0. The standard InChI is InChI=1S/C21H23N5OS2/c27-19(24-15-5-3-11-26(13-15)21-22-7-4-8-23-21)18-16-6-12-28-14-17(16)29-20(18)25-9-1-2-10-25/h1-2,4,7-10,15H,3,5-6,11-14H2,(H,24,27). The van der Waals surface area contributed by atoms with Gasteiger partial charge in [-0.3, -0.25) is 4.79 Å². The summed E-state index contributed by atoms with van der Waals surface area (Å²) in [6, 6.07) is 5.95. The average Bonchev–Trinajstić information content (AvgIpc) is 3.42. The molecule has 0 saturated carbocycles. The summed E-state index contributed by atoms with van der Waals surface area (Å²) in [5.74, 6) is 2.88. The number of hydrogen-bond donors (Lipinski definition) is 1. The van der Waals surface area contributed by atoms with Crippen molar-refractivity contribution >= 4 is 35.0 Å². The van der Waals surface area contributed by atoms with E-state index in [1.807, 2.05) is 42.4 Å². The molecular formula is C21H23N5OS2. The maximum absolute atomic E-state index is 13.4. The van der Waals surface area contributed by atoms with Crippen molar-refractivity contribution in [2.24, 2.45) is 0 Å². The van der Waals surface area contributed by atoms with Gasteiger partial charge in [-0.05, 0) is 48.8 Å². The van der Waals surface area contributed by atoms with E-state index in [9.17, 15) is 4.79 Å². The van der Waals surface area contributed by atoms with Crippen molar-refractivity contribution in [3.8, 4) is 5.00 Å². The van der Waals surface area contributed by atoms with Crippen molar-refractivity contribution in [1.82, 2.24) is 19.9 Å². The maximum atomic E-state index is 13.4. The monoisotopic (exact) mass is 425 g/mol. The fraction of sp³-hybridized carbons (Fsp3) is 0.381. The van der Waals surface area contributed by atoms with Crippen LogP contribution >= 0.6 is 23.1 Å². The van der Waals surface area contributed by atoms with E-state index in [-0.39, 0.29) is 11.9 Å². The van der Waals surface area contributed by atoms with Gasteiger partial charge in [0.1, 0.15) is 5.00 Å². The minimum absolute atomic E-state index is 0.0546. The molecule has 3 aromatic heterocycles. The lowest BCUT2D eigenvalue weighted by atomic mass is 10.0. The Morgan fingerprint density at radius 3 is 2.83 bits per heavy atom. The SMILES string of the molecule is O=C(NC1CCCN(c2ncccn2)C1)c1c(-n2cccc2)sc2c1CCSC2. The zero-order valence-corrected chi connectivity index (χ0v) is 17.7. The van der Waals surface area contributed by atoms with Crippen molar-refractivity contribution in [2.75, 3.05) is 23.7 Å². The summed E-state index contributed by atoms with van der Waals surface area (Å²) < 4.78 is 2.08. The van der Waals surface area contributed by atoms with E-state index >= 15 is 0 Å². The van der Waals surface area contributed by atoms with E-state index in [2.05, 4.69) is 24.8 Å². The molecule has 6 nitrogen and oxygen atoms in total. The molecule has 2 aliphatic rings. The first kappa shape index (κ1) is 18.7. The zero-order valence-electron chi connectivity index (χ0n) is 16.1. The Kier molecular flexibility index (Phi) is 5.28. The summed E-state index contributed by atoms with van der Waals surface area (Å²) in [5, 5.41) is 4.36. The summed E-state index contributed by atoms with van der Waals surface area (Å²) >= 11 is 3.71. The highest BCUT2D eigenvalue weighted by Gasteiger charge is 2.29. The number of carbonyl (C=O) groups excluding carboxylic acids is 1. The Labute approximate surface area is 178 Å². The Morgan fingerprint density at radius 2 is 2.00 bits per heavy atom.